The lowest BCUT2D eigenvalue weighted by Gasteiger charge is -2.26. The number of halogens is 1. The zero-order chi connectivity index (χ0) is 12.6. The van der Waals surface area contributed by atoms with Crippen molar-refractivity contribution in [1.82, 2.24) is 4.90 Å². The molecule has 5 heteroatoms. The Balaban J connectivity index is 3.94. The number of sulfone groups is 1. The zero-order valence-electron chi connectivity index (χ0n) is 10.6. The molecule has 0 radical (unpaired) electrons. The van der Waals surface area contributed by atoms with Gasteiger partial charge in [0.2, 0.25) is 0 Å². The summed E-state index contributed by atoms with van der Waals surface area (Å²) < 4.78 is 22.7. The maximum atomic E-state index is 11.3. The van der Waals surface area contributed by atoms with Gasteiger partial charge in [0.05, 0.1) is 5.75 Å². The Labute approximate surface area is 109 Å². The number of hydrogen-bond acceptors (Lipinski definition) is 3. The molecule has 0 amide bonds. The van der Waals surface area contributed by atoms with Crippen LogP contribution in [-0.2, 0) is 9.84 Å². The Morgan fingerprint density at radius 2 is 1.75 bits per heavy atom. The summed E-state index contributed by atoms with van der Waals surface area (Å²) in [7, 11) is -2.80. The van der Waals surface area contributed by atoms with Crippen LogP contribution >= 0.6 is 15.9 Å². The molecule has 0 fully saturated rings. The highest BCUT2D eigenvalue weighted by molar-refractivity contribution is 9.09. The Morgan fingerprint density at radius 3 is 2.19 bits per heavy atom. The molecule has 0 aliphatic heterocycles. The van der Waals surface area contributed by atoms with Crippen LogP contribution in [0.25, 0.3) is 0 Å². The maximum absolute atomic E-state index is 11.3. The van der Waals surface area contributed by atoms with Crippen molar-refractivity contribution >= 4 is 25.8 Å². The van der Waals surface area contributed by atoms with Gasteiger partial charge in [-0.25, -0.2) is 8.42 Å². The smallest absolute Gasteiger partial charge is 0.150 e. The highest BCUT2D eigenvalue weighted by atomic mass is 79.9. The summed E-state index contributed by atoms with van der Waals surface area (Å²) in [6.07, 6.45) is 1.86. The fraction of sp³-hybridized carbons (Fsp3) is 1.00. The van der Waals surface area contributed by atoms with Gasteiger partial charge in [-0.1, -0.05) is 22.9 Å². The Bertz CT molecular complexity index is 265. The Hall–Kier alpha value is 0.390. The first-order valence-corrected chi connectivity index (χ1v) is 8.87. The van der Waals surface area contributed by atoms with E-state index in [1.165, 1.54) is 0 Å². The average Bonchev–Trinajstić information content (AvgIpc) is 2.22. The minimum absolute atomic E-state index is 0.260. The van der Waals surface area contributed by atoms with Crippen LogP contribution in [0.15, 0.2) is 0 Å². The van der Waals surface area contributed by atoms with E-state index >= 15 is 0 Å². The highest BCUT2D eigenvalue weighted by Crippen LogP contribution is 2.04. The van der Waals surface area contributed by atoms with Crippen molar-refractivity contribution in [3.63, 3.8) is 0 Å². The van der Waals surface area contributed by atoms with Crippen molar-refractivity contribution in [1.29, 1.82) is 0 Å². The number of hydrogen-bond donors (Lipinski definition) is 0. The number of rotatable bonds is 9. The molecule has 0 aliphatic carbocycles. The van der Waals surface area contributed by atoms with Crippen molar-refractivity contribution in [3.05, 3.63) is 0 Å². The average molecular weight is 314 g/mol. The van der Waals surface area contributed by atoms with E-state index in [1.807, 2.05) is 0 Å². The van der Waals surface area contributed by atoms with Crippen LogP contribution in [0.5, 0.6) is 0 Å². The predicted molar refractivity (Wildman–Crippen MR) is 74.1 cm³/mol. The summed E-state index contributed by atoms with van der Waals surface area (Å²) >= 11 is 3.42. The molecule has 0 aromatic rings. The second-order valence-electron chi connectivity index (χ2n) is 4.26. The predicted octanol–water partition coefficient (Wildman–Crippen LogP) is 2.31. The molecule has 98 valence electrons. The van der Waals surface area contributed by atoms with Crippen molar-refractivity contribution < 1.29 is 8.42 Å². The number of alkyl halides is 1. The lowest BCUT2D eigenvalue weighted by atomic mass is 10.2. The largest absolute Gasteiger partial charge is 0.301 e. The molecule has 0 N–H and O–H groups in total. The van der Waals surface area contributed by atoms with Gasteiger partial charge < -0.3 is 4.90 Å². The SMILES string of the molecule is CCS(=O)(=O)CCCN(CCCBr)C(C)C. The van der Waals surface area contributed by atoms with Crippen LogP contribution in [-0.4, -0.2) is 49.3 Å². The Morgan fingerprint density at radius 1 is 1.19 bits per heavy atom. The van der Waals surface area contributed by atoms with E-state index < -0.39 is 9.84 Å². The van der Waals surface area contributed by atoms with E-state index in [0.29, 0.717) is 11.8 Å². The van der Waals surface area contributed by atoms with E-state index in [1.54, 1.807) is 6.92 Å². The Kier molecular flexibility index (Phi) is 8.68. The van der Waals surface area contributed by atoms with Crippen LogP contribution in [0.3, 0.4) is 0 Å². The van der Waals surface area contributed by atoms with Crippen molar-refractivity contribution in [2.24, 2.45) is 0 Å². The minimum Gasteiger partial charge on any atom is -0.301 e. The quantitative estimate of drug-likeness (QED) is 0.613. The summed E-state index contributed by atoms with van der Waals surface area (Å²) in [4.78, 5) is 2.34. The molecule has 0 aromatic carbocycles. The third-order valence-corrected chi connectivity index (χ3v) is 5.00. The van der Waals surface area contributed by atoms with Crippen molar-refractivity contribution in [2.45, 2.75) is 39.7 Å². The minimum atomic E-state index is -2.80. The summed E-state index contributed by atoms with van der Waals surface area (Å²) in [6.45, 7) is 7.93. The van der Waals surface area contributed by atoms with E-state index in [4.69, 9.17) is 0 Å². The molecule has 0 aliphatic rings. The molecule has 0 spiro atoms. The second-order valence-corrected chi connectivity index (χ2v) is 7.53. The lowest BCUT2D eigenvalue weighted by molar-refractivity contribution is 0.223. The third kappa shape index (κ3) is 7.63. The topological polar surface area (TPSA) is 37.4 Å². The molecular weight excluding hydrogens is 290 g/mol. The van der Waals surface area contributed by atoms with E-state index in [2.05, 4.69) is 34.7 Å². The first-order chi connectivity index (χ1) is 7.43. The van der Waals surface area contributed by atoms with Gasteiger partial charge in [0, 0.05) is 17.1 Å². The maximum Gasteiger partial charge on any atom is 0.150 e. The molecule has 0 saturated carbocycles. The molecule has 3 nitrogen and oxygen atoms in total. The van der Waals surface area contributed by atoms with Gasteiger partial charge in [0.25, 0.3) is 0 Å². The van der Waals surface area contributed by atoms with Crippen molar-refractivity contribution in [2.75, 3.05) is 29.9 Å². The molecule has 0 unspecified atom stereocenters. The fourth-order valence-corrected chi connectivity index (χ4v) is 2.63. The second kappa shape index (κ2) is 8.48. The standard InChI is InChI=1S/C11H24BrNO2S/c1-4-16(14,15)10-6-9-13(11(2)3)8-5-7-12/h11H,4-10H2,1-3H3. The summed E-state index contributed by atoms with van der Waals surface area (Å²) in [6, 6.07) is 0.489. The normalized spacial score (nSPS) is 12.6. The molecular formula is C11H24BrNO2S. The van der Waals surface area contributed by atoms with Gasteiger partial charge in [-0.05, 0) is 39.8 Å². The first-order valence-electron chi connectivity index (χ1n) is 5.93. The van der Waals surface area contributed by atoms with Gasteiger partial charge in [-0.2, -0.15) is 0 Å². The third-order valence-electron chi connectivity index (χ3n) is 2.65. The monoisotopic (exact) mass is 313 g/mol. The fourth-order valence-electron chi connectivity index (χ4n) is 1.52. The molecule has 0 aromatic heterocycles. The van der Waals surface area contributed by atoms with Crippen LogP contribution in [0.1, 0.15) is 33.6 Å². The van der Waals surface area contributed by atoms with Gasteiger partial charge in [0.1, 0.15) is 9.84 Å². The van der Waals surface area contributed by atoms with Crippen LogP contribution in [0.4, 0.5) is 0 Å². The van der Waals surface area contributed by atoms with E-state index in [-0.39, 0.29) is 5.75 Å². The van der Waals surface area contributed by atoms with E-state index in [9.17, 15) is 8.42 Å². The number of nitrogens with zero attached hydrogens (tertiary/aromatic N) is 1. The van der Waals surface area contributed by atoms with Gasteiger partial charge >= 0.3 is 0 Å². The molecule has 0 bridgehead atoms. The lowest BCUT2D eigenvalue weighted by Crippen LogP contribution is -2.33. The van der Waals surface area contributed by atoms with Gasteiger partial charge in [0.15, 0.2) is 0 Å². The molecule has 16 heavy (non-hydrogen) atoms. The summed E-state index contributed by atoms with van der Waals surface area (Å²) in [5.41, 5.74) is 0. The highest BCUT2D eigenvalue weighted by Gasteiger charge is 2.11. The van der Waals surface area contributed by atoms with Crippen LogP contribution in [0, 0.1) is 0 Å². The van der Waals surface area contributed by atoms with Crippen LogP contribution in [0.2, 0.25) is 0 Å². The molecule has 0 heterocycles. The summed E-state index contributed by atoms with van der Waals surface area (Å²) in [5.74, 6) is 0.580. The molecule has 0 saturated heterocycles. The first kappa shape index (κ1) is 16.4. The van der Waals surface area contributed by atoms with Gasteiger partial charge in [-0.3, -0.25) is 0 Å². The molecule has 0 atom stereocenters. The molecule has 0 rings (SSSR count). The summed E-state index contributed by atoms with van der Waals surface area (Å²) in [5, 5.41) is 1.00. The van der Waals surface area contributed by atoms with Crippen LogP contribution < -0.4 is 0 Å². The van der Waals surface area contributed by atoms with Crippen molar-refractivity contribution in [3.8, 4) is 0 Å². The van der Waals surface area contributed by atoms with E-state index in [0.717, 1.165) is 31.3 Å². The zero-order valence-corrected chi connectivity index (χ0v) is 13.0. The van der Waals surface area contributed by atoms with Gasteiger partial charge in [-0.15, -0.1) is 0 Å².